The van der Waals surface area contributed by atoms with E-state index in [2.05, 4.69) is 6.92 Å². The van der Waals surface area contributed by atoms with Gasteiger partial charge in [0.2, 0.25) is 0 Å². The SMILES string of the molecule is CCc1cccc(OC2CN(C(=O)c3ccc(F)cc3F)C2)c1. The van der Waals surface area contributed by atoms with Crippen molar-refractivity contribution in [2.45, 2.75) is 19.4 Å². The highest BCUT2D eigenvalue weighted by atomic mass is 19.1. The third-order valence-electron chi connectivity index (χ3n) is 3.91. The van der Waals surface area contributed by atoms with Crippen LogP contribution in [0, 0.1) is 11.6 Å². The summed E-state index contributed by atoms with van der Waals surface area (Å²) in [7, 11) is 0. The molecule has 0 unspecified atom stereocenters. The Morgan fingerprint density at radius 2 is 2.00 bits per heavy atom. The first kappa shape index (κ1) is 15.5. The molecule has 0 atom stereocenters. The van der Waals surface area contributed by atoms with Gasteiger partial charge in [-0.25, -0.2) is 8.78 Å². The van der Waals surface area contributed by atoms with Crippen molar-refractivity contribution in [1.29, 1.82) is 0 Å². The van der Waals surface area contributed by atoms with Crippen LogP contribution >= 0.6 is 0 Å². The van der Waals surface area contributed by atoms with Gasteiger partial charge in [-0.15, -0.1) is 0 Å². The maximum absolute atomic E-state index is 13.6. The van der Waals surface area contributed by atoms with E-state index < -0.39 is 17.5 Å². The molecule has 1 saturated heterocycles. The first-order valence-electron chi connectivity index (χ1n) is 7.56. The Morgan fingerprint density at radius 1 is 1.22 bits per heavy atom. The van der Waals surface area contributed by atoms with Crippen LogP contribution in [0.3, 0.4) is 0 Å². The molecule has 2 aromatic rings. The second-order valence-electron chi connectivity index (χ2n) is 5.58. The van der Waals surface area contributed by atoms with Gasteiger partial charge in [0.1, 0.15) is 23.5 Å². The molecular formula is C18H17F2NO2. The molecule has 1 amide bonds. The van der Waals surface area contributed by atoms with Gasteiger partial charge >= 0.3 is 0 Å². The average Bonchev–Trinajstić information content (AvgIpc) is 2.50. The number of ether oxygens (including phenoxy) is 1. The van der Waals surface area contributed by atoms with Crippen molar-refractivity contribution in [3.8, 4) is 5.75 Å². The predicted molar refractivity (Wildman–Crippen MR) is 82.5 cm³/mol. The number of carbonyl (C=O) groups excluding carboxylic acids is 1. The number of carbonyl (C=O) groups is 1. The topological polar surface area (TPSA) is 29.5 Å². The summed E-state index contributed by atoms with van der Waals surface area (Å²) in [6.45, 7) is 2.86. The van der Waals surface area contributed by atoms with Crippen molar-refractivity contribution >= 4 is 5.91 Å². The fourth-order valence-electron chi connectivity index (χ4n) is 2.54. The van der Waals surface area contributed by atoms with E-state index in [9.17, 15) is 13.6 Å². The van der Waals surface area contributed by atoms with Crippen molar-refractivity contribution in [2.24, 2.45) is 0 Å². The Labute approximate surface area is 133 Å². The zero-order valence-electron chi connectivity index (χ0n) is 12.8. The zero-order valence-corrected chi connectivity index (χ0v) is 12.8. The quantitative estimate of drug-likeness (QED) is 0.864. The van der Waals surface area contributed by atoms with Crippen LogP contribution in [-0.4, -0.2) is 30.0 Å². The maximum Gasteiger partial charge on any atom is 0.257 e. The third-order valence-corrected chi connectivity index (χ3v) is 3.91. The van der Waals surface area contributed by atoms with Crippen LogP contribution in [0.1, 0.15) is 22.8 Å². The Kier molecular flexibility index (Phi) is 4.28. The van der Waals surface area contributed by atoms with E-state index in [1.165, 1.54) is 16.5 Å². The van der Waals surface area contributed by atoms with Gasteiger partial charge in [-0.05, 0) is 36.2 Å². The Bertz CT molecular complexity index is 727. The van der Waals surface area contributed by atoms with Crippen LogP contribution in [0.15, 0.2) is 42.5 Å². The smallest absolute Gasteiger partial charge is 0.257 e. The molecule has 3 nitrogen and oxygen atoms in total. The lowest BCUT2D eigenvalue weighted by Gasteiger charge is -2.39. The highest BCUT2D eigenvalue weighted by molar-refractivity contribution is 5.95. The highest BCUT2D eigenvalue weighted by Crippen LogP contribution is 2.22. The van der Waals surface area contributed by atoms with Gasteiger partial charge in [0.15, 0.2) is 0 Å². The molecule has 23 heavy (non-hydrogen) atoms. The van der Waals surface area contributed by atoms with Gasteiger partial charge in [0.05, 0.1) is 18.7 Å². The molecule has 0 aromatic heterocycles. The highest BCUT2D eigenvalue weighted by Gasteiger charge is 2.33. The number of halogens is 2. The molecule has 1 aliphatic heterocycles. The second-order valence-corrected chi connectivity index (χ2v) is 5.58. The maximum atomic E-state index is 13.6. The zero-order chi connectivity index (χ0) is 16.4. The Morgan fingerprint density at radius 3 is 2.70 bits per heavy atom. The van der Waals surface area contributed by atoms with Gasteiger partial charge < -0.3 is 9.64 Å². The van der Waals surface area contributed by atoms with E-state index in [4.69, 9.17) is 4.74 Å². The van der Waals surface area contributed by atoms with Crippen molar-refractivity contribution in [3.63, 3.8) is 0 Å². The molecule has 0 N–H and O–H groups in total. The lowest BCUT2D eigenvalue weighted by atomic mass is 10.1. The summed E-state index contributed by atoms with van der Waals surface area (Å²) in [5, 5.41) is 0. The first-order chi connectivity index (χ1) is 11.1. The number of benzene rings is 2. The molecule has 2 aromatic carbocycles. The van der Waals surface area contributed by atoms with Crippen LogP contribution in [0.5, 0.6) is 5.75 Å². The van der Waals surface area contributed by atoms with Gasteiger partial charge in [0.25, 0.3) is 5.91 Å². The summed E-state index contributed by atoms with van der Waals surface area (Å²) in [6, 6.07) is 10.8. The Balaban J connectivity index is 1.59. The number of aryl methyl sites for hydroxylation is 1. The molecular weight excluding hydrogens is 300 g/mol. The molecule has 0 spiro atoms. The second kappa shape index (κ2) is 6.36. The van der Waals surface area contributed by atoms with Crippen molar-refractivity contribution in [2.75, 3.05) is 13.1 Å². The van der Waals surface area contributed by atoms with Crippen LogP contribution < -0.4 is 4.74 Å². The fourth-order valence-corrected chi connectivity index (χ4v) is 2.54. The molecule has 3 rings (SSSR count). The van der Waals surface area contributed by atoms with Crippen LogP contribution in [0.4, 0.5) is 8.78 Å². The largest absolute Gasteiger partial charge is 0.487 e. The first-order valence-corrected chi connectivity index (χ1v) is 7.56. The summed E-state index contributed by atoms with van der Waals surface area (Å²) in [5.41, 5.74) is 1.07. The van der Waals surface area contributed by atoms with E-state index in [0.717, 1.165) is 24.3 Å². The average molecular weight is 317 g/mol. The van der Waals surface area contributed by atoms with Crippen LogP contribution in [0.2, 0.25) is 0 Å². The minimum Gasteiger partial charge on any atom is -0.487 e. The third kappa shape index (κ3) is 3.33. The summed E-state index contributed by atoms with van der Waals surface area (Å²) >= 11 is 0. The number of hydrogen-bond donors (Lipinski definition) is 0. The summed E-state index contributed by atoms with van der Waals surface area (Å²) in [5.74, 6) is -1.20. The summed E-state index contributed by atoms with van der Waals surface area (Å²) < 4.78 is 32.3. The molecule has 0 aliphatic carbocycles. The van der Waals surface area contributed by atoms with E-state index in [0.29, 0.717) is 13.1 Å². The lowest BCUT2D eigenvalue weighted by Crippen LogP contribution is -2.56. The Hall–Kier alpha value is -2.43. The molecule has 5 heteroatoms. The molecule has 0 radical (unpaired) electrons. The normalized spacial score (nSPS) is 14.5. The number of hydrogen-bond acceptors (Lipinski definition) is 2. The number of likely N-dealkylation sites (tertiary alicyclic amines) is 1. The van der Waals surface area contributed by atoms with E-state index >= 15 is 0 Å². The number of nitrogens with zero attached hydrogens (tertiary/aromatic N) is 1. The number of rotatable bonds is 4. The van der Waals surface area contributed by atoms with Crippen molar-refractivity contribution in [3.05, 3.63) is 65.2 Å². The van der Waals surface area contributed by atoms with Crippen LogP contribution in [0.25, 0.3) is 0 Å². The fraction of sp³-hybridized carbons (Fsp3) is 0.278. The number of amides is 1. The van der Waals surface area contributed by atoms with Gasteiger partial charge in [-0.2, -0.15) is 0 Å². The van der Waals surface area contributed by atoms with Crippen molar-refractivity contribution < 1.29 is 18.3 Å². The molecule has 0 bridgehead atoms. The van der Waals surface area contributed by atoms with Gasteiger partial charge in [-0.1, -0.05) is 19.1 Å². The minimum absolute atomic E-state index is 0.102. The summed E-state index contributed by atoms with van der Waals surface area (Å²) in [6.07, 6.45) is 0.825. The summed E-state index contributed by atoms with van der Waals surface area (Å²) in [4.78, 5) is 13.7. The van der Waals surface area contributed by atoms with E-state index in [1.54, 1.807) is 0 Å². The van der Waals surface area contributed by atoms with E-state index in [1.807, 2.05) is 24.3 Å². The molecule has 1 aliphatic rings. The van der Waals surface area contributed by atoms with Gasteiger partial charge in [-0.3, -0.25) is 4.79 Å². The molecule has 0 saturated carbocycles. The molecule has 1 heterocycles. The standard InChI is InChI=1S/C18H17F2NO2/c1-2-12-4-3-5-14(8-12)23-15-10-21(11-15)18(22)16-7-6-13(19)9-17(16)20/h3-9,15H,2,10-11H2,1H3. The van der Waals surface area contributed by atoms with Crippen molar-refractivity contribution in [1.82, 2.24) is 4.90 Å². The monoisotopic (exact) mass is 317 g/mol. The minimum atomic E-state index is -0.838. The molecule has 1 fully saturated rings. The lowest BCUT2D eigenvalue weighted by molar-refractivity contribution is 0.0174. The predicted octanol–water partition coefficient (Wildman–Crippen LogP) is 3.43. The van der Waals surface area contributed by atoms with E-state index in [-0.39, 0.29) is 11.7 Å². The van der Waals surface area contributed by atoms with Gasteiger partial charge in [0, 0.05) is 6.07 Å². The molecule has 120 valence electrons. The van der Waals surface area contributed by atoms with Crippen LogP contribution in [-0.2, 0) is 6.42 Å².